The predicted molar refractivity (Wildman–Crippen MR) is 51.2 cm³/mol. The minimum absolute atomic E-state index is 0.434. The summed E-state index contributed by atoms with van der Waals surface area (Å²) < 4.78 is 26.1. The van der Waals surface area contributed by atoms with E-state index in [1.165, 1.54) is 0 Å². The van der Waals surface area contributed by atoms with E-state index in [0.717, 1.165) is 12.2 Å². The third kappa shape index (κ3) is 2.38. The van der Waals surface area contributed by atoms with Crippen LogP contribution in [0.5, 0.6) is 0 Å². The topological polar surface area (TPSA) is 20.2 Å². The van der Waals surface area contributed by atoms with Gasteiger partial charge >= 0.3 is 0 Å². The third-order valence-corrected chi connectivity index (χ3v) is 2.69. The number of aliphatic hydroxyl groups excluding tert-OH is 1. The second-order valence-electron chi connectivity index (χ2n) is 2.95. The number of aliphatic hydroxyl groups is 1. The fourth-order valence-corrected chi connectivity index (χ4v) is 1.81. The molecule has 0 aromatic carbocycles. The molecule has 0 amide bonds. The highest BCUT2D eigenvalue weighted by Crippen LogP contribution is 2.30. The van der Waals surface area contributed by atoms with Crippen LogP contribution in [0.3, 0.4) is 0 Å². The first-order valence-electron chi connectivity index (χ1n) is 4.11. The third-order valence-electron chi connectivity index (χ3n) is 1.97. The van der Waals surface area contributed by atoms with Crippen molar-refractivity contribution in [2.75, 3.05) is 0 Å². The SMILES string of the molecule is CC[C@@H](O)C1=CC(F)C(F)C=C1Br. The molecule has 0 spiro atoms. The van der Waals surface area contributed by atoms with E-state index in [1.807, 2.05) is 0 Å². The molecule has 0 aromatic heterocycles. The highest BCUT2D eigenvalue weighted by molar-refractivity contribution is 9.12. The molecule has 1 nitrogen and oxygen atoms in total. The summed E-state index contributed by atoms with van der Waals surface area (Å²) in [6, 6.07) is 0. The van der Waals surface area contributed by atoms with Crippen LogP contribution in [-0.2, 0) is 0 Å². The Hall–Kier alpha value is -0.220. The monoisotopic (exact) mass is 252 g/mol. The lowest BCUT2D eigenvalue weighted by Gasteiger charge is -2.20. The maximum atomic E-state index is 12.9. The van der Waals surface area contributed by atoms with E-state index in [1.54, 1.807) is 6.92 Å². The number of alkyl halides is 2. The molecule has 4 heteroatoms. The number of hydrogen-bond acceptors (Lipinski definition) is 1. The Balaban J connectivity index is 2.86. The molecule has 74 valence electrons. The quantitative estimate of drug-likeness (QED) is 0.802. The maximum Gasteiger partial charge on any atom is 0.154 e. The minimum atomic E-state index is -1.64. The first kappa shape index (κ1) is 10.9. The van der Waals surface area contributed by atoms with E-state index in [4.69, 9.17) is 0 Å². The molecule has 0 saturated carbocycles. The summed E-state index contributed by atoms with van der Waals surface area (Å²) in [5.41, 5.74) is 0.434. The molecule has 0 saturated heterocycles. The summed E-state index contributed by atoms with van der Waals surface area (Å²) in [6.45, 7) is 1.78. The second kappa shape index (κ2) is 4.33. The van der Waals surface area contributed by atoms with E-state index in [0.29, 0.717) is 16.5 Å². The molecule has 3 atom stereocenters. The van der Waals surface area contributed by atoms with Gasteiger partial charge in [0.05, 0.1) is 6.10 Å². The van der Waals surface area contributed by atoms with Crippen molar-refractivity contribution < 1.29 is 13.9 Å². The fraction of sp³-hybridized carbons (Fsp3) is 0.556. The van der Waals surface area contributed by atoms with Crippen LogP contribution < -0.4 is 0 Å². The van der Waals surface area contributed by atoms with Crippen molar-refractivity contribution in [2.45, 2.75) is 31.8 Å². The molecular formula is C9H11BrF2O. The maximum absolute atomic E-state index is 12.9. The molecule has 0 bridgehead atoms. The van der Waals surface area contributed by atoms with Crippen LogP contribution in [0.25, 0.3) is 0 Å². The van der Waals surface area contributed by atoms with Crippen LogP contribution >= 0.6 is 15.9 Å². The Morgan fingerprint density at radius 3 is 2.54 bits per heavy atom. The molecule has 0 aromatic rings. The van der Waals surface area contributed by atoms with E-state index in [-0.39, 0.29) is 0 Å². The molecule has 1 aliphatic carbocycles. The van der Waals surface area contributed by atoms with Gasteiger partial charge in [-0.2, -0.15) is 0 Å². The van der Waals surface area contributed by atoms with Gasteiger partial charge in [0.15, 0.2) is 12.3 Å². The Morgan fingerprint density at radius 1 is 1.46 bits per heavy atom. The molecule has 1 aliphatic rings. The summed E-state index contributed by atoms with van der Waals surface area (Å²) >= 11 is 3.09. The standard InChI is InChI=1S/C9H11BrF2O/c1-2-9(13)5-3-7(11)8(12)4-6(5)10/h3-4,7-9,13H,2H2,1H3/t7?,8?,9-/m1/s1. The van der Waals surface area contributed by atoms with Crippen LogP contribution in [0.2, 0.25) is 0 Å². The molecule has 1 rings (SSSR count). The van der Waals surface area contributed by atoms with Crippen molar-refractivity contribution >= 4 is 15.9 Å². The van der Waals surface area contributed by atoms with Crippen molar-refractivity contribution in [1.82, 2.24) is 0 Å². The van der Waals surface area contributed by atoms with Crippen molar-refractivity contribution in [3.05, 3.63) is 22.2 Å². The van der Waals surface area contributed by atoms with E-state index < -0.39 is 18.4 Å². The highest BCUT2D eigenvalue weighted by atomic mass is 79.9. The van der Waals surface area contributed by atoms with Crippen LogP contribution in [0.15, 0.2) is 22.2 Å². The molecule has 0 radical (unpaired) electrons. The van der Waals surface area contributed by atoms with Crippen molar-refractivity contribution in [3.63, 3.8) is 0 Å². The summed E-state index contributed by atoms with van der Waals surface area (Å²) in [7, 11) is 0. The van der Waals surface area contributed by atoms with Gasteiger partial charge in [0.25, 0.3) is 0 Å². The van der Waals surface area contributed by atoms with Crippen LogP contribution in [0, 0.1) is 0 Å². The normalized spacial score (nSPS) is 30.8. The van der Waals surface area contributed by atoms with Gasteiger partial charge in [0, 0.05) is 4.48 Å². The Morgan fingerprint density at radius 2 is 2.00 bits per heavy atom. The first-order valence-corrected chi connectivity index (χ1v) is 4.91. The Kier molecular flexibility index (Phi) is 3.62. The lowest BCUT2D eigenvalue weighted by atomic mass is 9.99. The lowest BCUT2D eigenvalue weighted by Crippen LogP contribution is -2.21. The van der Waals surface area contributed by atoms with Gasteiger partial charge in [-0.25, -0.2) is 8.78 Å². The van der Waals surface area contributed by atoms with Gasteiger partial charge in [-0.05, 0) is 24.1 Å². The number of hydrogen-bond donors (Lipinski definition) is 1. The van der Waals surface area contributed by atoms with Crippen LogP contribution in [-0.4, -0.2) is 23.6 Å². The molecule has 2 unspecified atom stereocenters. The molecular weight excluding hydrogens is 242 g/mol. The van der Waals surface area contributed by atoms with Gasteiger partial charge in [0.2, 0.25) is 0 Å². The average Bonchev–Trinajstić information content (AvgIpc) is 2.10. The lowest BCUT2D eigenvalue weighted by molar-refractivity contribution is 0.199. The zero-order valence-corrected chi connectivity index (χ0v) is 8.76. The van der Waals surface area contributed by atoms with E-state index in [2.05, 4.69) is 15.9 Å². The van der Waals surface area contributed by atoms with Gasteiger partial charge in [0.1, 0.15) is 0 Å². The largest absolute Gasteiger partial charge is 0.388 e. The fourth-order valence-electron chi connectivity index (χ4n) is 1.16. The van der Waals surface area contributed by atoms with Gasteiger partial charge < -0.3 is 5.11 Å². The van der Waals surface area contributed by atoms with Crippen molar-refractivity contribution in [1.29, 1.82) is 0 Å². The first-order chi connectivity index (χ1) is 6.06. The predicted octanol–water partition coefficient (Wildman–Crippen LogP) is 2.65. The number of halogens is 3. The Bertz CT molecular complexity index is 250. The second-order valence-corrected chi connectivity index (χ2v) is 3.80. The molecule has 0 heterocycles. The smallest absolute Gasteiger partial charge is 0.154 e. The Labute approximate surface area is 84.3 Å². The number of rotatable bonds is 2. The molecule has 0 fully saturated rings. The van der Waals surface area contributed by atoms with Gasteiger partial charge in [-0.3, -0.25) is 0 Å². The molecule has 1 N–H and O–H groups in total. The van der Waals surface area contributed by atoms with Gasteiger partial charge in [-0.1, -0.05) is 22.9 Å². The van der Waals surface area contributed by atoms with E-state index >= 15 is 0 Å². The molecule has 13 heavy (non-hydrogen) atoms. The summed E-state index contributed by atoms with van der Waals surface area (Å²) in [5, 5.41) is 9.43. The molecule has 0 aliphatic heterocycles. The van der Waals surface area contributed by atoms with Crippen molar-refractivity contribution in [3.8, 4) is 0 Å². The van der Waals surface area contributed by atoms with Crippen molar-refractivity contribution in [2.24, 2.45) is 0 Å². The summed E-state index contributed by atoms with van der Waals surface area (Å²) in [5.74, 6) is 0. The summed E-state index contributed by atoms with van der Waals surface area (Å²) in [6.07, 6.45) is -1.23. The highest BCUT2D eigenvalue weighted by Gasteiger charge is 2.25. The summed E-state index contributed by atoms with van der Waals surface area (Å²) in [4.78, 5) is 0. The van der Waals surface area contributed by atoms with Crippen LogP contribution in [0.4, 0.5) is 8.78 Å². The van der Waals surface area contributed by atoms with Gasteiger partial charge in [-0.15, -0.1) is 0 Å². The zero-order chi connectivity index (χ0) is 10.0. The number of allylic oxidation sites excluding steroid dienone is 2. The van der Waals surface area contributed by atoms with E-state index in [9.17, 15) is 13.9 Å². The zero-order valence-electron chi connectivity index (χ0n) is 7.17. The van der Waals surface area contributed by atoms with Crippen LogP contribution in [0.1, 0.15) is 13.3 Å². The minimum Gasteiger partial charge on any atom is -0.388 e. The average molecular weight is 253 g/mol.